The summed E-state index contributed by atoms with van der Waals surface area (Å²) >= 11 is 4.56. The molecule has 1 heterocycles. The van der Waals surface area contributed by atoms with Gasteiger partial charge in [-0.3, -0.25) is 0 Å². The van der Waals surface area contributed by atoms with Gasteiger partial charge < -0.3 is 19.7 Å². The monoisotopic (exact) mass is 414 g/mol. The molecule has 1 aromatic rings. The number of azide groups is 1. The van der Waals surface area contributed by atoms with Crippen LogP contribution in [0.1, 0.15) is 5.56 Å². The molecule has 0 unspecified atom stereocenters. The molecule has 0 radical (unpaired) electrons. The lowest BCUT2D eigenvalue weighted by molar-refractivity contribution is -0.167. The maximum absolute atomic E-state index is 10.2. The molecule has 1 saturated heterocycles. The van der Waals surface area contributed by atoms with Crippen molar-refractivity contribution in [2.45, 2.75) is 34.7 Å². The molecule has 1 fully saturated rings. The lowest BCUT2D eigenvalue weighted by Crippen LogP contribution is -2.57. The van der Waals surface area contributed by atoms with Crippen LogP contribution < -0.4 is 0 Å². The van der Waals surface area contributed by atoms with E-state index in [0.717, 1.165) is 4.47 Å². The second-order valence-electron chi connectivity index (χ2n) is 4.98. The summed E-state index contributed by atoms with van der Waals surface area (Å²) in [7, 11) is 1.42. The fourth-order valence-corrected chi connectivity index (χ4v) is 4.21. The van der Waals surface area contributed by atoms with Gasteiger partial charge in [-0.25, -0.2) is 0 Å². The molecule has 0 aliphatic carbocycles. The molecule has 0 aromatic heterocycles. The molecule has 8 nitrogen and oxygen atoms in total. The average molecular weight is 415 g/mol. The predicted molar refractivity (Wildman–Crippen MR) is 90.2 cm³/mol. The minimum absolute atomic E-state index is 0.435. The van der Waals surface area contributed by atoms with E-state index in [0.29, 0.717) is 10.5 Å². The number of thioether (sulfide) groups is 1. The molecule has 0 saturated carbocycles. The van der Waals surface area contributed by atoms with E-state index in [1.54, 1.807) is 18.2 Å². The maximum Gasteiger partial charge on any atom is 0.134 e. The Bertz CT molecular complexity index is 679. The van der Waals surface area contributed by atoms with Crippen LogP contribution in [-0.4, -0.2) is 53.7 Å². The Hall–Kier alpha value is -1.31. The van der Waals surface area contributed by atoms with Crippen LogP contribution in [0.15, 0.2) is 32.7 Å². The summed E-state index contributed by atoms with van der Waals surface area (Å²) in [5, 5.41) is 32.4. The van der Waals surface area contributed by atoms with Crippen LogP contribution >= 0.6 is 27.7 Å². The van der Waals surface area contributed by atoms with Gasteiger partial charge in [0.2, 0.25) is 0 Å². The Morgan fingerprint density at radius 1 is 1.58 bits per heavy atom. The standard InChI is InChI=1S/C14H15BrN4O4S/c1-22-13-11(18-19-17)12(21)9(6-20)23-14(13)24-10-4-8(15)3-2-7(10)5-16/h2-4,9,11-14,20-21H,6H2,1H3/t9-,11+,12+,13-,14-/m1/s1. The lowest BCUT2D eigenvalue weighted by atomic mass is 9.98. The molecule has 10 heteroatoms. The van der Waals surface area contributed by atoms with E-state index in [1.807, 2.05) is 0 Å². The van der Waals surface area contributed by atoms with Gasteiger partial charge in [-0.2, -0.15) is 5.26 Å². The van der Waals surface area contributed by atoms with E-state index >= 15 is 0 Å². The summed E-state index contributed by atoms with van der Waals surface area (Å²) in [4.78, 5) is 3.39. The van der Waals surface area contributed by atoms with E-state index in [4.69, 9.17) is 15.0 Å². The van der Waals surface area contributed by atoms with Crippen molar-refractivity contribution in [3.63, 3.8) is 0 Å². The van der Waals surface area contributed by atoms with Gasteiger partial charge in [0.15, 0.2) is 0 Å². The Kier molecular flexibility index (Phi) is 6.89. The molecule has 1 aliphatic heterocycles. The van der Waals surface area contributed by atoms with Gasteiger partial charge in [0, 0.05) is 21.4 Å². The van der Waals surface area contributed by atoms with Crippen molar-refractivity contribution in [2.75, 3.05) is 13.7 Å². The number of aliphatic hydroxyl groups is 2. The topological polar surface area (TPSA) is 131 Å². The molecule has 2 rings (SSSR count). The highest BCUT2D eigenvalue weighted by atomic mass is 79.9. The molecule has 5 atom stereocenters. The first kappa shape index (κ1) is 19.0. The van der Waals surface area contributed by atoms with Crippen molar-refractivity contribution in [3.05, 3.63) is 38.7 Å². The zero-order valence-corrected chi connectivity index (χ0v) is 15.0. The zero-order valence-electron chi connectivity index (χ0n) is 12.6. The summed E-state index contributed by atoms with van der Waals surface area (Å²) in [5.41, 5.74) is 8.51. The van der Waals surface area contributed by atoms with Crippen LogP contribution in [0.2, 0.25) is 0 Å². The largest absolute Gasteiger partial charge is 0.394 e. The van der Waals surface area contributed by atoms with Gasteiger partial charge in [-0.1, -0.05) is 32.8 Å². The third kappa shape index (κ3) is 4.02. The lowest BCUT2D eigenvalue weighted by Gasteiger charge is -2.41. The second-order valence-corrected chi connectivity index (χ2v) is 7.04. The minimum atomic E-state index is -1.19. The molecule has 1 aliphatic rings. The molecular weight excluding hydrogens is 400 g/mol. The molecule has 128 valence electrons. The highest BCUT2D eigenvalue weighted by Crippen LogP contribution is 2.37. The van der Waals surface area contributed by atoms with Crippen LogP contribution in [0.5, 0.6) is 0 Å². The number of methoxy groups -OCH3 is 1. The summed E-state index contributed by atoms with van der Waals surface area (Å²) in [6.07, 6.45) is -2.85. The third-order valence-corrected chi connectivity index (χ3v) is 5.29. The van der Waals surface area contributed by atoms with Crippen molar-refractivity contribution < 1.29 is 19.7 Å². The third-order valence-electron chi connectivity index (χ3n) is 3.59. The van der Waals surface area contributed by atoms with E-state index in [9.17, 15) is 15.5 Å². The first-order chi connectivity index (χ1) is 11.5. The Morgan fingerprint density at radius 3 is 2.92 bits per heavy atom. The molecule has 24 heavy (non-hydrogen) atoms. The minimum Gasteiger partial charge on any atom is -0.394 e. The van der Waals surface area contributed by atoms with Crippen molar-refractivity contribution in [3.8, 4) is 6.07 Å². The number of nitriles is 1. The number of hydrogen-bond donors (Lipinski definition) is 2. The van der Waals surface area contributed by atoms with E-state index in [2.05, 4.69) is 32.0 Å². The summed E-state index contributed by atoms with van der Waals surface area (Å²) in [6, 6.07) is 6.36. The van der Waals surface area contributed by atoms with Gasteiger partial charge in [0.05, 0.1) is 24.3 Å². The Balaban J connectivity index is 2.35. The highest BCUT2D eigenvalue weighted by Gasteiger charge is 2.45. The van der Waals surface area contributed by atoms with E-state index < -0.39 is 36.4 Å². The number of halogens is 1. The van der Waals surface area contributed by atoms with E-state index in [1.165, 1.54) is 18.9 Å². The summed E-state index contributed by atoms with van der Waals surface area (Å²) in [6.45, 7) is -0.435. The molecular formula is C14H15BrN4O4S. The summed E-state index contributed by atoms with van der Waals surface area (Å²) < 4.78 is 11.9. The van der Waals surface area contributed by atoms with Gasteiger partial charge in [-0.05, 0) is 23.7 Å². The first-order valence-electron chi connectivity index (χ1n) is 6.93. The SMILES string of the molecule is CO[C@@H]1[C@@H](N=[N+]=[N-])[C@@H](O)[C@@H](CO)O[C@@H]1Sc1cc(Br)ccc1C#N. The van der Waals surface area contributed by atoms with Crippen molar-refractivity contribution in [1.82, 2.24) is 0 Å². The number of ether oxygens (including phenoxy) is 2. The van der Waals surface area contributed by atoms with Gasteiger partial charge in [0.1, 0.15) is 23.7 Å². The van der Waals surface area contributed by atoms with Crippen LogP contribution in [-0.2, 0) is 9.47 Å². The van der Waals surface area contributed by atoms with Gasteiger partial charge in [0.25, 0.3) is 0 Å². The van der Waals surface area contributed by atoms with Crippen molar-refractivity contribution in [2.24, 2.45) is 5.11 Å². The predicted octanol–water partition coefficient (Wildman–Crippen LogP) is 2.18. The smallest absolute Gasteiger partial charge is 0.134 e. The zero-order chi connectivity index (χ0) is 17.7. The number of aliphatic hydroxyl groups excluding tert-OH is 2. The Morgan fingerprint density at radius 2 is 2.33 bits per heavy atom. The van der Waals surface area contributed by atoms with Crippen molar-refractivity contribution >= 4 is 27.7 Å². The average Bonchev–Trinajstić information content (AvgIpc) is 2.58. The van der Waals surface area contributed by atoms with Gasteiger partial charge in [-0.15, -0.1) is 0 Å². The molecule has 0 spiro atoms. The molecule has 0 bridgehead atoms. The molecule has 0 amide bonds. The van der Waals surface area contributed by atoms with Crippen molar-refractivity contribution in [1.29, 1.82) is 5.26 Å². The Labute approximate surface area is 151 Å². The quantitative estimate of drug-likeness (QED) is 0.431. The fraction of sp³-hybridized carbons (Fsp3) is 0.500. The van der Waals surface area contributed by atoms with Crippen LogP contribution in [0, 0.1) is 11.3 Å². The van der Waals surface area contributed by atoms with Gasteiger partial charge >= 0.3 is 0 Å². The highest BCUT2D eigenvalue weighted by molar-refractivity contribution is 9.10. The number of nitrogens with zero attached hydrogens (tertiary/aromatic N) is 4. The first-order valence-corrected chi connectivity index (χ1v) is 8.60. The number of hydrogen-bond acceptors (Lipinski definition) is 7. The second kappa shape index (κ2) is 8.69. The molecule has 2 N–H and O–H groups in total. The molecule has 1 aromatic carbocycles. The summed E-state index contributed by atoms with van der Waals surface area (Å²) in [5.74, 6) is 0. The maximum atomic E-state index is 10.2. The van der Waals surface area contributed by atoms with E-state index in [-0.39, 0.29) is 0 Å². The van der Waals surface area contributed by atoms with Crippen LogP contribution in [0.4, 0.5) is 0 Å². The normalized spacial score (nSPS) is 29.5. The number of benzene rings is 1. The van der Waals surface area contributed by atoms with Crippen LogP contribution in [0.25, 0.3) is 10.4 Å². The fourth-order valence-electron chi connectivity index (χ4n) is 2.41. The number of rotatable bonds is 5. The van der Waals surface area contributed by atoms with Crippen LogP contribution in [0.3, 0.4) is 0 Å².